The first-order chi connectivity index (χ1) is 13.0. The lowest BCUT2D eigenvalue weighted by Crippen LogP contribution is -2.29. The van der Waals surface area contributed by atoms with Gasteiger partial charge in [0.05, 0.1) is 0 Å². The molecule has 0 spiro atoms. The molecule has 0 saturated heterocycles. The quantitative estimate of drug-likeness (QED) is 0.379. The molecule has 1 heteroatoms. The Labute approximate surface area is 175 Å². The van der Waals surface area contributed by atoms with Gasteiger partial charge >= 0.3 is 0 Å². The first kappa shape index (κ1) is 17.5. The molecule has 0 heterocycles. The average molecular weight is 464 g/mol. The second-order valence-corrected chi connectivity index (χ2v) is 9.87. The van der Waals surface area contributed by atoms with Crippen LogP contribution in [0.5, 0.6) is 0 Å². The summed E-state index contributed by atoms with van der Waals surface area (Å²) >= 11 is 2.46. The maximum Gasteiger partial charge on any atom is 0.0209 e. The molecule has 27 heavy (non-hydrogen) atoms. The molecular formula is C26H25I. The van der Waals surface area contributed by atoms with E-state index in [0.717, 1.165) is 0 Å². The Kier molecular flexibility index (Phi) is 4.02. The Morgan fingerprint density at radius 2 is 1.70 bits per heavy atom. The third kappa shape index (κ3) is 2.47. The lowest BCUT2D eigenvalue weighted by atomic mass is 9.65. The Hall–Kier alpha value is -1.61. The third-order valence-corrected chi connectivity index (χ3v) is 7.88. The van der Waals surface area contributed by atoms with Gasteiger partial charge in [0.2, 0.25) is 0 Å². The van der Waals surface area contributed by atoms with Crippen molar-refractivity contribution in [3.8, 4) is 0 Å². The molecule has 136 valence electrons. The van der Waals surface area contributed by atoms with Gasteiger partial charge in [0.1, 0.15) is 0 Å². The Morgan fingerprint density at radius 3 is 2.52 bits per heavy atom. The van der Waals surface area contributed by atoms with Gasteiger partial charge in [0.15, 0.2) is 0 Å². The van der Waals surface area contributed by atoms with Gasteiger partial charge in [-0.05, 0) is 97.4 Å². The average Bonchev–Trinajstić information content (AvgIpc) is 2.92. The fourth-order valence-corrected chi connectivity index (χ4v) is 6.42. The lowest BCUT2D eigenvalue weighted by molar-refractivity contribution is 0.285. The number of hydrogen-bond donors (Lipinski definition) is 0. The maximum absolute atomic E-state index is 2.46. The summed E-state index contributed by atoms with van der Waals surface area (Å²) in [6.45, 7) is 7.35. The van der Waals surface area contributed by atoms with Crippen molar-refractivity contribution in [2.45, 2.75) is 33.6 Å². The molecule has 3 aliphatic rings. The van der Waals surface area contributed by atoms with Gasteiger partial charge < -0.3 is 0 Å². The van der Waals surface area contributed by atoms with E-state index in [1.54, 1.807) is 16.7 Å². The SMILES string of the molecule is CC1C(c2ccc(I)c3ccccc23)=CC=C2C3=C(C=CCC3)C(C)(C)C21. The maximum atomic E-state index is 2.46. The van der Waals surface area contributed by atoms with Crippen molar-refractivity contribution in [1.29, 1.82) is 0 Å². The molecule has 2 aromatic rings. The van der Waals surface area contributed by atoms with Crippen LogP contribution in [-0.4, -0.2) is 0 Å². The highest BCUT2D eigenvalue weighted by atomic mass is 127. The summed E-state index contributed by atoms with van der Waals surface area (Å²) < 4.78 is 1.33. The third-order valence-electron chi connectivity index (χ3n) is 6.94. The summed E-state index contributed by atoms with van der Waals surface area (Å²) in [7, 11) is 0. The number of benzene rings is 2. The van der Waals surface area contributed by atoms with Crippen LogP contribution in [0.1, 0.15) is 39.2 Å². The van der Waals surface area contributed by atoms with Crippen LogP contribution in [0.25, 0.3) is 16.3 Å². The summed E-state index contributed by atoms with van der Waals surface area (Å²) in [5.41, 5.74) is 7.92. The van der Waals surface area contributed by atoms with E-state index in [2.05, 4.69) is 104 Å². The van der Waals surface area contributed by atoms with Gasteiger partial charge in [0.25, 0.3) is 0 Å². The molecule has 0 radical (unpaired) electrons. The Bertz CT molecular complexity index is 1070. The summed E-state index contributed by atoms with van der Waals surface area (Å²) in [6.07, 6.45) is 12.0. The van der Waals surface area contributed by atoms with Crippen molar-refractivity contribution in [2.24, 2.45) is 17.3 Å². The van der Waals surface area contributed by atoms with E-state index in [-0.39, 0.29) is 5.41 Å². The summed E-state index contributed by atoms with van der Waals surface area (Å²) in [5, 5.41) is 2.75. The molecule has 0 saturated carbocycles. The monoisotopic (exact) mass is 464 g/mol. The molecule has 2 unspecified atom stereocenters. The van der Waals surface area contributed by atoms with Crippen molar-refractivity contribution in [3.63, 3.8) is 0 Å². The number of allylic oxidation sites excluding steroid dienone is 8. The molecule has 0 aromatic heterocycles. The van der Waals surface area contributed by atoms with Crippen molar-refractivity contribution >= 4 is 38.9 Å². The van der Waals surface area contributed by atoms with E-state index in [4.69, 9.17) is 0 Å². The van der Waals surface area contributed by atoms with Gasteiger partial charge in [0, 0.05) is 3.57 Å². The van der Waals surface area contributed by atoms with Gasteiger partial charge in [-0.1, -0.05) is 75.4 Å². The van der Waals surface area contributed by atoms with Crippen LogP contribution in [0.15, 0.2) is 77.4 Å². The van der Waals surface area contributed by atoms with Crippen LogP contribution in [-0.2, 0) is 0 Å². The second-order valence-electron chi connectivity index (χ2n) is 8.71. The first-order valence-electron chi connectivity index (χ1n) is 10.00. The molecule has 0 nitrogen and oxygen atoms in total. The zero-order valence-electron chi connectivity index (χ0n) is 16.2. The number of fused-ring (bicyclic) bond motifs is 3. The van der Waals surface area contributed by atoms with Crippen LogP contribution < -0.4 is 0 Å². The topological polar surface area (TPSA) is 0 Å². The lowest BCUT2D eigenvalue weighted by Gasteiger charge is -2.38. The predicted octanol–water partition coefficient (Wildman–Crippen LogP) is 7.71. The van der Waals surface area contributed by atoms with Crippen molar-refractivity contribution < 1.29 is 0 Å². The van der Waals surface area contributed by atoms with E-state index in [1.165, 1.54) is 38.3 Å². The summed E-state index contributed by atoms with van der Waals surface area (Å²) in [6, 6.07) is 13.5. The molecule has 0 amide bonds. The molecule has 0 fully saturated rings. The molecule has 0 bridgehead atoms. The molecule has 2 aromatic carbocycles. The minimum Gasteiger partial charge on any atom is -0.0839 e. The highest BCUT2D eigenvalue weighted by Gasteiger charge is 2.48. The van der Waals surface area contributed by atoms with Gasteiger partial charge in [-0.15, -0.1) is 0 Å². The van der Waals surface area contributed by atoms with E-state index < -0.39 is 0 Å². The second kappa shape index (κ2) is 6.20. The zero-order valence-corrected chi connectivity index (χ0v) is 18.4. The van der Waals surface area contributed by atoms with E-state index in [9.17, 15) is 0 Å². The van der Waals surface area contributed by atoms with Gasteiger partial charge in [-0.3, -0.25) is 0 Å². The molecular weight excluding hydrogens is 439 g/mol. The van der Waals surface area contributed by atoms with Crippen LogP contribution in [0.2, 0.25) is 0 Å². The van der Waals surface area contributed by atoms with Crippen molar-refractivity contribution in [1.82, 2.24) is 0 Å². The minimum absolute atomic E-state index is 0.204. The van der Waals surface area contributed by atoms with E-state index >= 15 is 0 Å². The summed E-state index contributed by atoms with van der Waals surface area (Å²) in [4.78, 5) is 0. The largest absolute Gasteiger partial charge is 0.0839 e. The minimum atomic E-state index is 0.204. The van der Waals surface area contributed by atoms with E-state index in [0.29, 0.717) is 11.8 Å². The van der Waals surface area contributed by atoms with Crippen molar-refractivity contribution in [2.75, 3.05) is 0 Å². The first-order valence-corrected chi connectivity index (χ1v) is 11.1. The number of halogens is 1. The molecule has 3 aliphatic carbocycles. The van der Waals surface area contributed by atoms with Crippen LogP contribution in [0.4, 0.5) is 0 Å². The predicted molar refractivity (Wildman–Crippen MR) is 125 cm³/mol. The molecule has 0 N–H and O–H groups in total. The molecule has 0 aliphatic heterocycles. The van der Waals surface area contributed by atoms with Crippen LogP contribution in [0.3, 0.4) is 0 Å². The van der Waals surface area contributed by atoms with Gasteiger partial charge in [-0.2, -0.15) is 0 Å². The molecule has 5 rings (SSSR count). The zero-order chi connectivity index (χ0) is 18.8. The fourth-order valence-electron chi connectivity index (χ4n) is 5.77. The Balaban J connectivity index is 1.69. The summed E-state index contributed by atoms with van der Waals surface area (Å²) in [5.74, 6) is 1.09. The number of hydrogen-bond acceptors (Lipinski definition) is 0. The highest BCUT2D eigenvalue weighted by Crippen LogP contribution is 2.59. The number of rotatable bonds is 1. The van der Waals surface area contributed by atoms with Crippen molar-refractivity contribution in [3.05, 3.63) is 86.6 Å². The fraction of sp³-hybridized carbons (Fsp3) is 0.308. The molecule has 2 atom stereocenters. The normalized spacial score (nSPS) is 25.9. The Morgan fingerprint density at radius 1 is 0.963 bits per heavy atom. The van der Waals surface area contributed by atoms with Crippen LogP contribution >= 0.6 is 22.6 Å². The van der Waals surface area contributed by atoms with Gasteiger partial charge in [-0.25, -0.2) is 0 Å². The van der Waals surface area contributed by atoms with Crippen LogP contribution in [0, 0.1) is 20.8 Å². The highest BCUT2D eigenvalue weighted by molar-refractivity contribution is 14.1. The standard InChI is InChI=1S/C26H25I/c1-16-17(19-14-15-24(27)21-10-5-4-8-18(19)21)12-13-22-20-9-6-7-11-23(20)26(2,3)25(16)22/h4-5,7-8,10-16,25H,6,9H2,1-3H3. The van der Waals surface area contributed by atoms with E-state index in [1.807, 2.05) is 0 Å². The smallest absolute Gasteiger partial charge is 0.0209 e.